The van der Waals surface area contributed by atoms with Crippen molar-refractivity contribution in [2.45, 2.75) is 45.8 Å². The molecule has 1 atom stereocenters. The maximum absolute atomic E-state index is 9.39. The highest BCUT2D eigenvalue weighted by atomic mass is 16.5. The van der Waals surface area contributed by atoms with Crippen molar-refractivity contribution in [1.82, 2.24) is 19.7 Å². The second-order valence-corrected chi connectivity index (χ2v) is 4.73. The first-order chi connectivity index (χ1) is 8.56. The summed E-state index contributed by atoms with van der Waals surface area (Å²) in [6.07, 6.45) is 3.65. The molecule has 18 heavy (non-hydrogen) atoms. The normalized spacial score (nSPS) is 13.2. The van der Waals surface area contributed by atoms with Crippen LogP contribution >= 0.6 is 0 Å². The van der Waals surface area contributed by atoms with E-state index < -0.39 is 6.10 Å². The SMILES string of the molecule is CC(O)Cc1nccn1Cc1nc(C(C)C)no1. The van der Waals surface area contributed by atoms with E-state index in [0.717, 1.165) is 5.82 Å². The van der Waals surface area contributed by atoms with Crippen molar-refractivity contribution in [3.63, 3.8) is 0 Å². The predicted octanol–water partition coefficient (Wildman–Crippen LogP) is 1.36. The zero-order valence-electron chi connectivity index (χ0n) is 10.9. The molecule has 0 aliphatic heterocycles. The van der Waals surface area contributed by atoms with Gasteiger partial charge in [-0.3, -0.25) is 0 Å². The molecular formula is C12H18N4O2. The quantitative estimate of drug-likeness (QED) is 0.867. The fourth-order valence-electron chi connectivity index (χ4n) is 1.65. The second-order valence-electron chi connectivity index (χ2n) is 4.73. The summed E-state index contributed by atoms with van der Waals surface area (Å²) in [5, 5.41) is 13.3. The summed E-state index contributed by atoms with van der Waals surface area (Å²) >= 11 is 0. The third-order valence-corrected chi connectivity index (χ3v) is 2.59. The molecule has 2 rings (SSSR count). The Morgan fingerprint density at radius 1 is 1.39 bits per heavy atom. The number of hydrogen-bond acceptors (Lipinski definition) is 5. The number of imidazole rings is 1. The zero-order chi connectivity index (χ0) is 13.1. The van der Waals surface area contributed by atoms with Crippen molar-refractivity contribution >= 4 is 0 Å². The smallest absolute Gasteiger partial charge is 0.246 e. The minimum Gasteiger partial charge on any atom is -0.393 e. The molecule has 6 nitrogen and oxygen atoms in total. The molecule has 0 saturated heterocycles. The van der Waals surface area contributed by atoms with E-state index in [2.05, 4.69) is 15.1 Å². The molecule has 2 aromatic heterocycles. The monoisotopic (exact) mass is 250 g/mol. The molecule has 0 aliphatic carbocycles. The van der Waals surface area contributed by atoms with Crippen LogP contribution in [-0.2, 0) is 13.0 Å². The Morgan fingerprint density at radius 2 is 2.17 bits per heavy atom. The summed E-state index contributed by atoms with van der Waals surface area (Å²) < 4.78 is 7.09. The molecule has 1 N–H and O–H groups in total. The lowest BCUT2D eigenvalue weighted by Gasteiger charge is -2.06. The van der Waals surface area contributed by atoms with Gasteiger partial charge < -0.3 is 14.2 Å². The summed E-state index contributed by atoms with van der Waals surface area (Å²) in [7, 11) is 0. The van der Waals surface area contributed by atoms with E-state index in [9.17, 15) is 5.11 Å². The highest BCUT2D eigenvalue weighted by molar-refractivity contribution is 4.98. The maximum atomic E-state index is 9.39. The number of hydrogen-bond donors (Lipinski definition) is 1. The first-order valence-corrected chi connectivity index (χ1v) is 6.06. The van der Waals surface area contributed by atoms with E-state index in [4.69, 9.17) is 4.52 Å². The largest absolute Gasteiger partial charge is 0.393 e. The van der Waals surface area contributed by atoms with Crippen LogP contribution in [0.5, 0.6) is 0 Å². The van der Waals surface area contributed by atoms with E-state index >= 15 is 0 Å². The van der Waals surface area contributed by atoms with E-state index in [0.29, 0.717) is 24.7 Å². The first kappa shape index (κ1) is 12.8. The summed E-state index contributed by atoms with van der Waals surface area (Å²) in [6, 6.07) is 0. The molecule has 0 amide bonds. The van der Waals surface area contributed by atoms with Gasteiger partial charge >= 0.3 is 0 Å². The van der Waals surface area contributed by atoms with Crippen molar-refractivity contribution in [3.05, 3.63) is 29.9 Å². The van der Waals surface area contributed by atoms with E-state index in [1.54, 1.807) is 13.1 Å². The Morgan fingerprint density at radius 3 is 2.78 bits per heavy atom. The Labute approximate surface area is 106 Å². The lowest BCUT2D eigenvalue weighted by atomic mass is 10.2. The molecule has 2 aromatic rings. The molecule has 0 aromatic carbocycles. The van der Waals surface area contributed by atoms with Crippen LogP contribution in [0, 0.1) is 0 Å². The van der Waals surface area contributed by atoms with Gasteiger partial charge in [0.15, 0.2) is 5.82 Å². The Balaban J connectivity index is 2.10. The van der Waals surface area contributed by atoms with Gasteiger partial charge in [-0.15, -0.1) is 0 Å². The Hall–Kier alpha value is -1.69. The topological polar surface area (TPSA) is 77.0 Å². The third kappa shape index (κ3) is 2.95. The lowest BCUT2D eigenvalue weighted by Crippen LogP contribution is -2.12. The van der Waals surface area contributed by atoms with Crippen molar-refractivity contribution in [3.8, 4) is 0 Å². The first-order valence-electron chi connectivity index (χ1n) is 6.06. The van der Waals surface area contributed by atoms with Gasteiger partial charge in [-0.1, -0.05) is 19.0 Å². The Kier molecular flexibility index (Phi) is 3.76. The highest BCUT2D eigenvalue weighted by Crippen LogP contribution is 2.11. The van der Waals surface area contributed by atoms with E-state index in [1.165, 1.54) is 0 Å². The molecule has 6 heteroatoms. The van der Waals surface area contributed by atoms with Gasteiger partial charge in [0.25, 0.3) is 0 Å². The molecule has 0 saturated carbocycles. The molecule has 2 heterocycles. The van der Waals surface area contributed by atoms with Crippen LogP contribution in [0.3, 0.4) is 0 Å². The lowest BCUT2D eigenvalue weighted by molar-refractivity contribution is 0.191. The predicted molar refractivity (Wildman–Crippen MR) is 65.1 cm³/mol. The van der Waals surface area contributed by atoms with Crippen LogP contribution in [0.15, 0.2) is 16.9 Å². The van der Waals surface area contributed by atoms with Gasteiger partial charge in [-0.05, 0) is 6.92 Å². The van der Waals surface area contributed by atoms with Gasteiger partial charge in [0.1, 0.15) is 12.4 Å². The zero-order valence-corrected chi connectivity index (χ0v) is 10.9. The molecular weight excluding hydrogens is 232 g/mol. The number of nitrogens with zero attached hydrogens (tertiary/aromatic N) is 4. The second kappa shape index (κ2) is 5.30. The fourth-order valence-corrected chi connectivity index (χ4v) is 1.65. The van der Waals surface area contributed by atoms with Crippen molar-refractivity contribution in [2.75, 3.05) is 0 Å². The average molecular weight is 250 g/mol. The van der Waals surface area contributed by atoms with E-state index in [-0.39, 0.29) is 5.92 Å². The number of aromatic nitrogens is 4. The van der Waals surface area contributed by atoms with Gasteiger partial charge in [-0.2, -0.15) is 4.98 Å². The van der Waals surface area contributed by atoms with E-state index in [1.807, 2.05) is 24.6 Å². The van der Waals surface area contributed by atoms with Gasteiger partial charge in [0, 0.05) is 24.7 Å². The molecule has 0 aliphatic rings. The van der Waals surface area contributed by atoms with Crippen LogP contribution in [0.2, 0.25) is 0 Å². The molecule has 98 valence electrons. The number of aliphatic hydroxyl groups is 1. The van der Waals surface area contributed by atoms with Crippen LogP contribution in [0.25, 0.3) is 0 Å². The van der Waals surface area contributed by atoms with Gasteiger partial charge in [0.05, 0.1) is 6.10 Å². The average Bonchev–Trinajstić information content (AvgIpc) is 2.89. The molecule has 0 spiro atoms. The van der Waals surface area contributed by atoms with Crippen LogP contribution in [0.4, 0.5) is 0 Å². The molecule has 0 bridgehead atoms. The minimum atomic E-state index is -0.417. The Bertz CT molecular complexity index is 502. The van der Waals surface area contributed by atoms with Crippen molar-refractivity contribution in [1.29, 1.82) is 0 Å². The summed E-state index contributed by atoms with van der Waals surface area (Å²) in [5.41, 5.74) is 0. The van der Waals surface area contributed by atoms with Crippen molar-refractivity contribution in [2.24, 2.45) is 0 Å². The minimum absolute atomic E-state index is 0.252. The summed E-state index contributed by atoms with van der Waals surface area (Å²) in [5.74, 6) is 2.34. The summed E-state index contributed by atoms with van der Waals surface area (Å²) in [6.45, 7) is 6.26. The van der Waals surface area contributed by atoms with Crippen LogP contribution in [-0.4, -0.2) is 30.9 Å². The standard InChI is InChI=1S/C12H18N4O2/c1-8(2)12-14-11(18-15-12)7-16-5-4-13-10(16)6-9(3)17/h4-5,8-9,17H,6-7H2,1-3H3. The maximum Gasteiger partial charge on any atom is 0.246 e. The summed E-state index contributed by atoms with van der Waals surface area (Å²) in [4.78, 5) is 8.52. The molecule has 1 unspecified atom stereocenters. The van der Waals surface area contributed by atoms with Crippen molar-refractivity contribution < 1.29 is 9.63 Å². The fraction of sp³-hybridized carbons (Fsp3) is 0.583. The molecule has 0 fully saturated rings. The van der Waals surface area contributed by atoms with Crippen LogP contribution < -0.4 is 0 Å². The number of rotatable bonds is 5. The highest BCUT2D eigenvalue weighted by Gasteiger charge is 2.12. The molecule has 0 radical (unpaired) electrons. The van der Waals surface area contributed by atoms with Gasteiger partial charge in [-0.25, -0.2) is 4.98 Å². The van der Waals surface area contributed by atoms with Crippen LogP contribution in [0.1, 0.15) is 44.2 Å². The third-order valence-electron chi connectivity index (χ3n) is 2.59. The number of aliphatic hydroxyl groups excluding tert-OH is 1. The van der Waals surface area contributed by atoms with Gasteiger partial charge in [0.2, 0.25) is 5.89 Å².